The van der Waals surface area contributed by atoms with E-state index >= 15 is 0 Å². The molecule has 0 N–H and O–H groups in total. The molecule has 0 fully saturated rings. The van der Waals surface area contributed by atoms with Gasteiger partial charge in [-0.2, -0.15) is 0 Å². The average molecular weight is 553 g/mol. The van der Waals surface area contributed by atoms with Crippen molar-refractivity contribution in [2.75, 3.05) is 30.6 Å². The van der Waals surface area contributed by atoms with E-state index in [1.165, 1.54) is 4.90 Å². The molecule has 4 rings (SSSR count). The van der Waals surface area contributed by atoms with Crippen LogP contribution in [-0.2, 0) is 22.6 Å². The first-order chi connectivity index (χ1) is 19.9. The molecule has 8 heteroatoms. The van der Waals surface area contributed by atoms with Crippen LogP contribution in [0.3, 0.4) is 0 Å². The number of carbonyl (C=O) groups excluding carboxylic acids is 3. The van der Waals surface area contributed by atoms with Gasteiger partial charge in [0.05, 0.1) is 25.8 Å². The first-order valence-corrected chi connectivity index (χ1v) is 13.2. The third-order valence-electron chi connectivity index (χ3n) is 6.42. The molecule has 0 aliphatic rings. The molecule has 2 amide bonds. The number of anilines is 2. The largest absolute Gasteiger partial charge is 0.497 e. The smallest absolute Gasteiger partial charge is 0.414 e. The van der Waals surface area contributed by atoms with E-state index in [0.717, 1.165) is 11.1 Å². The number of ether oxygens (including phenoxy) is 3. The van der Waals surface area contributed by atoms with Crippen LogP contribution in [0.2, 0.25) is 0 Å². The first-order valence-electron chi connectivity index (χ1n) is 13.2. The normalized spacial score (nSPS) is 10.4. The van der Waals surface area contributed by atoms with Crippen molar-refractivity contribution in [2.24, 2.45) is 0 Å². The van der Waals surface area contributed by atoms with E-state index in [1.54, 1.807) is 74.5 Å². The number of methoxy groups -OCH3 is 1. The zero-order valence-corrected chi connectivity index (χ0v) is 23.3. The van der Waals surface area contributed by atoms with Crippen molar-refractivity contribution >= 4 is 29.3 Å². The van der Waals surface area contributed by atoms with Crippen molar-refractivity contribution in [1.82, 2.24) is 0 Å². The predicted octanol–water partition coefficient (Wildman–Crippen LogP) is 6.49. The third-order valence-corrected chi connectivity index (χ3v) is 6.42. The maximum absolute atomic E-state index is 13.8. The van der Waals surface area contributed by atoms with Gasteiger partial charge in [-0.3, -0.25) is 9.69 Å². The van der Waals surface area contributed by atoms with Gasteiger partial charge >= 0.3 is 12.1 Å². The number of hydrogen-bond donors (Lipinski definition) is 0. The van der Waals surface area contributed by atoms with Crippen LogP contribution in [0.1, 0.15) is 38.8 Å². The van der Waals surface area contributed by atoms with Crippen molar-refractivity contribution in [3.8, 4) is 5.75 Å². The predicted molar refractivity (Wildman–Crippen MR) is 157 cm³/mol. The summed E-state index contributed by atoms with van der Waals surface area (Å²) in [5.41, 5.74) is 3.82. The Morgan fingerprint density at radius 1 is 0.683 bits per heavy atom. The van der Waals surface area contributed by atoms with Gasteiger partial charge < -0.3 is 19.1 Å². The zero-order valence-electron chi connectivity index (χ0n) is 23.3. The lowest BCUT2D eigenvalue weighted by molar-refractivity contribution is 0.0526. The van der Waals surface area contributed by atoms with Crippen molar-refractivity contribution in [2.45, 2.75) is 20.1 Å². The number of carbonyl (C=O) groups is 3. The molecule has 0 saturated heterocycles. The number of rotatable bonds is 10. The van der Waals surface area contributed by atoms with E-state index in [0.29, 0.717) is 28.3 Å². The van der Waals surface area contributed by atoms with Crippen LogP contribution in [-0.4, -0.2) is 38.7 Å². The van der Waals surface area contributed by atoms with Crippen molar-refractivity contribution < 1.29 is 28.6 Å². The van der Waals surface area contributed by atoms with E-state index in [4.69, 9.17) is 14.2 Å². The van der Waals surface area contributed by atoms with Crippen molar-refractivity contribution in [3.05, 3.63) is 125 Å². The molecule has 0 aliphatic heterocycles. The van der Waals surface area contributed by atoms with E-state index in [2.05, 4.69) is 0 Å². The van der Waals surface area contributed by atoms with Gasteiger partial charge in [-0.05, 0) is 78.7 Å². The van der Waals surface area contributed by atoms with Gasteiger partial charge in [-0.15, -0.1) is 0 Å². The van der Waals surface area contributed by atoms with Crippen LogP contribution < -0.4 is 14.5 Å². The van der Waals surface area contributed by atoms with E-state index in [-0.39, 0.29) is 25.7 Å². The first kappa shape index (κ1) is 28.9. The summed E-state index contributed by atoms with van der Waals surface area (Å²) in [5.74, 6) is 0.0482. The molecule has 0 atom stereocenters. The van der Waals surface area contributed by atoms with Gasteiger partial charge in [0.15, 0.2) is 0 Å². The van der Waals surface area contributed by atoms with Crippen LogP contribution in [0.15, 0.2) is 103 Å². The molecule has 0 aliphatic carbocycles. The topological polar surface area (TPSA) is 85.4 Å². The Morgan fingerprint density at radius 2 is 1.29 bits per heavy atom. The van der Waals surface area contributed by atoms with E-state index < -0.39 is 12.1 Å². The molecule has 210 valence electrons. The van der Waals surface area contributed by atoms with Gasteiger partial charge in [0.2, 0.25) is 0 Å². The van der Waals surface area contributed by atoms with Crippen LogP contribution in [0, 0.1) is 0 Å². The van der Waals surface area contributed by atoms with Crippen LogP contribution in [0.5, 0.6) is 5.75 Å². The summed E-state index contributed by atoms with van der Waals surface area (Å²) in [6.07, 6.45) is -0.504. The van der Waals surface area contributed by atoms with Crippen molar-refractivity contribution in [3.63, 3.8) is 0 Å². The summed E-state index contributed by atoms with van der Waals surface area (Å²) in [6, 6.07) is 30.4. The summed E-state index contributed by atoms with van der Waals surface area (Å²) < 4.78 is 15.7. The molecular formula is C33H32N2O6. The van der Waals surface area contributed by atoms with E-state index in [9.17, 15) is 14.4 Å². The lowest BCUT2D eigenvalue weighted by Gasteiger charge is -2.24. The average Bonchev–Trinajstić information content (AvgIpc) is 3.03. The molecule has 41 heavy (non-hydrogen) atoms. The molecule has 0 unspecified atom stereocenters. The third kappa shape index (κ3) is 7.51. The molecule has 0 bridgehead atoms. The molecule has 4 aromatic rings. The minimum Gasteiger partial charge on any atom is -0.497 e. The number of hydrogen-bond acceptors (Lipinski definition) is 6. The Hall–Kier alpha value is -5.11. The Kier molecular flexibility index (Phi) is 9.72. The minimum atomic E-state index is -0.504. The summed E-state index contributed by atoms with van der Waals surface area (Å²) in [4.78, 5) is 41.5. The second-order valence-corrected chi connectivity index (χ2v) is 9.15. The second kappa shape index (κ2) is 13.8. The molecule has 4 aromatic carbocycles. The molecule has 0 spiro atoms. The number of benzene rings is 4. The molecule has 0 radical (unpaired) electrons. The van der Waals surface area contributed by atoms with Gasteiger partial charge in [-0.1, -0.05) is 42.5 Å². The fourth-order valence-electron chi connectivity index (χ4n) is 4.09. The lowest BCUT2D eigenvalue weighted by atomic mass is 10.1. The molecule has 8 nitrogen and oxygen atoms in total. The monoisotopic (exact) mass is 552 g/mol. The van der Waals surface area contributed by atoms with Gasteiger partial charge in [0.1, 0.15) is 12.4 Å². The Morgan fingerprint density at radius 3 is 1.90 bits per heavy atom. The summed E-state index contributed by atoms with van der Waals surface area (Å²) in [7, 11) is 3.21. The SMILES string of the molecule is CCOC(=O)c1ccc(N(Cc2ccc(OC)cc2)C(=O)c2ccc(N(C)C(=O)OCc3ccccc3)cc2)cc1. The standard InChI is InChI=1S/C33H32N2O6/c1-4-40-32(37)27-14-18-29(19-15-27)35(22-24-10-20-30(39-3)21-11-24)31(36)26-12-16-28(17-13-26)34(2)33(38)41-23-25-8-6-5-7-9-25/h5-21H,4,22-23H2,1-3H3. The summed E-state index contributed by atoms with van der Waals surface area (Å²) >= 11 is 0. The highest BCUT2D eigenvalue weighted by atomic mass is 16.6. The molecule has 0 heterocycles. The van der Waals surface area contributed by atoms with E-state index in [1.807, 2.05) is 54.6 Å². The summed E-state index contributed by atoms with van der Waals surface area (Å²) in [5, 5.41) is 0. The van der Waals surface area contributed by atoms with Crippen molar-refractivity contribution in [1.29, 1.82) is 0 Å². The fourth-order valence-corrected chi connectivity index (χ4v) is 4.09. The number of nitrogens with zero attached hydrogens (tertiary/aromatic N) is 2. The Labute approximate surface area is 239 Å². The fraction of sp³-hybridized carbons (Fsp3) is 0.182. The lowest BCUT2D eigenvalue weighted by Crippen LogP contribution is -2.31. The Balaban J connectivity index is 1.52. The number of amides is 2. The maximum atomic E-state index is 13.8. The number of esters is 1. The quantitative estimate of drug-likeness (QED) is 0.209. The maximum Gasteiger partial charge on any atom is 0.414 e. The van der Waals surface area contributed by atoms with Crippen LogP contribution in [0.4, 0.5) is 16.2 Å². The molecule has 0 saturated carbocycles. The molecular weight excluding hydrogens is 520 g/mol. The molecule has 0 aromatic heterocycles. The highest BCUT2D eigenvalue weighted by Crippen LogP contribution is 2.24. The highest BCUT2D eigenvalue weighted by Gasteiger charge is 2.20. The van der Waals surface area contributed by atoms with Gasteiger partial charge in [0.25, 0.3) is 5.91 Å². The van der Waals surface area contributed by atoms with Gasteiger partial charge in [0, 0.05) is 24.0 Å². The Bertz CT molecular complexity index is 1450. The van der Waals surface area contributed by atoms with Gasteiger partial charge in [-0.25, -0.2) is 9.59 Å². The summed E-state index contributed by atoms with van der Waals surface area (Å²) in [6.45, 7) is 2.47. The second-order valence-electron chi connectivity index (χ2n) is 9.15. The zero-order chi connectivity index (χ0) is 29.2. The minimum absolute atomic E-state index is 0.163. The van der Waals surface area contributed by atoms with Crippen LogP contribution in [0.25, 0.3) is 0 Å². The highest BCUT2D eigenvalue weighted by molar-refractivity contribution is 6.06. The van der Waals surface area contributed by atoms with Crippen LogP contribution >= 0.6 is 0 Å².